The Kier molecular flexibility index (Phi) is 6.52. The number of nitrogens with zero attached hydrogens (tertiary/aromatic N) is 2. The van der Waals surface area contributed by atoms with Crippen LogP contribution in [0.25, 0.3) is 0 Å². The molecule has 1 aromatic rings. The molecule has 0 amide bonds. The van der Waals surface area contributed by atoms with Gasteiger partial charge in [0.15, 0.2) is 0 Å². The van der Waals surface area contributed by atoms with Crippen molar-refractivity contribution in [3.8, 4) is 0 Å². The predicted molar refractivity (Wildman–Crippen MR) is 67.2 cm³/mol. The molecule has 15 heavy (non-hydrogen) atoms. The van der Waals surface area contributed by atoms with Gasteiger partial charge in [0.2, 0.25) is 0 Å². The molecule has 1 heterocycles. The molecule has 4 heteroatoms. The van der Waals surface area contributed by atoms with E-state index >= 15 is 0 Å². The van der Waals surface area contributed by atoms with Crippen LogP contribution in [0.4, 0.5) is 0 Å². The highest BCUT2D eigenvalue weighted by Gasteiger charge is 1.99. The number of hydrogen-bond donors (Lipinski definition) is 1. The predicted octanol–water partition coefficient (Wildman–Crippen LogP) is 2.14. The Morgan fingerprint density at radius 2 is 2.33 bits per heavy atom. The lowest BCUT2D eigenvalue weighted by Gasteiger charge is -2.06. The van der Waals surface area contributed by atoms with Crippen LogP contribution in [0.3, 0.4) is 0 Å². The molecule has 0 atom stereocenters. The minimum atomic E-state index is 0.889. The largest absolute Gasteiger partial charge is 0.334 e. The summed E-state index contributed by atoms with van der Waals surface area (Å²) in [7, 11) is 0. The molecule has 0 aliphatic rings. The first kappa shape index (κ1) is 12.6. The van der Waals surface area contributed by atoms with Gasteiger partial charge in [0.1, 0.15) is 5.82 Å². The lowest BCUT2D eigenvalue weighted by molar-refractivity contribution is 0.593. The second kappa shape index (κ2) is 7.77. The quantitative estimate of drug-likeness (QED) is 0.690. The molecule has 0 radical (unpaired) electrons. The van der Waals surface area contributed by atoms with Gasteiger partial charge in [0.25, 0.3) is 0 Å². The third kappa shape index (κ3) is 4.71. The fourth-order valence-corrected chi connectivity index (χ4v) is 1.98. The van der Waals surface area contributed by atoms with Crippen molar-refractivity contribution < 1.29 is 0 Å². The van der Waals surface area contributed by atoms with Gasteiger partial charge in [0.05, 0.1) is 6.54 Å². The monoisotopic (exact) mass is 227 g/mol. The molecule has 0 aliphatic carbocycles. The molecule has 0 bridgehead atoms. The molecule has 0 unspecified atom stereocenters. The van der Waals surface area contributed by atoms with Crippen LogP contribution in [0.1, 0.15) is 25.6 Å². The Labute approximate surface area is 96.7 Å². The van der Waals surface area contributed by atoms with Crippen LogP contribution in [0, 0.1) is 0 Å². The van der Waals surface area contributed by atoms with Gasteiger partial charge < -0.3 is 9.88 Å². The summed E-state index contributed by atoms with van der Waals surface area (Å²) in [6.45, 7) is 5.13. The first-order valence-corrected chi connectivity index (χ1v) is 6.97. The first-order chi connectivity index (χ1) is 7.38. The van der Waals surface area contributed by atoms with E-state index in [4.69, 9.17) is 0 Å². The topological polar surface area (TPSA) is 29.9 Å². The summed E-state index contributed by atoms with van der Waals surface area (Å²) in [5.41, 5.74) is 0. The van der Waals surface area contributed by atoms with Gasteiger partial charge >= 0.3 is 0 Å². The zero-order chi connectivity index (χ0) is 10.9. The molecule has 86 valence electrons. The minimum Gasteiger partial charge on any atom is -0.334 e. The van der Waals surface area contributed by atoms with Gasteiger partial charge in [-0.15, -0.1) is 0 Å². The van der Waals surface area contributed by atoms with E-state index in [1.807, 2.05) is 24.2 Å². The SMILES string of the molecule is CCn1ccnc1CNCCCCSC. The van der Waals surface area contributed by atoms with E-state index in [2.05, 4.69) is 28.0 Å². The van der Waals surface area contributed by atoms with Crippen LogP contribution < -0.4 is 5.32 Å². The van der Waals surface area contributed by atoms with Crippen LogP contribution >= 0.6 is 11.8 Å². The third-order valence-electron chi connectivity index (χ3n) is 2.38. The van der Waals surface area contributed by atoms with Crippen molar-refractivity contribution in [1.29, 1.82) is 0 Å². The number of imidazole rings is 1. The second-order valence-corrected chi connectivity index (χ2v) is 4.49. The first-order valence-electron chi connectivity index (χ1n) is 5.58. The van der Waals surface area contributed by atoms with E-state index in [0.717, 1.165) is 25.5 Å². The number of unbranched alkanes of at least 4 members (excludes halogenated alkanes) is 1. The Morgan fingerprint density at radius 1 is 1.47 bits per heavy atom. The third-order valence-corrected chi connectivity index (χ3v) is 3.07. The van der Waals surface area contributed by atoms with E-state index in [1.165, 1.54) is 18.6 Å². The molecule has 0 aliphatic heterocycles. The molecule has 0 saturated carbocycles. The maximum Gasteiger partial charge on any atom is 0.122 e. The Hall–Kier alpha value is -0.480. The van der Waals surface area contributed by atoms with E-state index in [9.17, 15) is 0 Å². The van der Waals surface area contributed by atoms with Crippen molar-refractivity contribution >= 4 is 11.8 Å². The molecule has 0 spiro atoms. The number of aryl methyl sites for hydroxylation is 1. The van der Waals surface area contributed by atoms with Crippen LogP contribution in [0.15, 0.2) is 12.4 Å². The van der Waals surface area contributed by atoms with Crippen molar-refractivity contribution in [2.45, 2.75) is 32.9 Å². The maximum absolute atomic E-state index is 4.32. The van der Waals surface area contributed by atoms with Crippen LogP contribution in [-0.2, 0) is 13.1 Å². The van der Waals surface area contributed by atoms with E-state index < -0.39 is 0 Å². The van der Waals surface area contributed by atoms with Gasteiger partial charge in [-0.2, -0.15) is 11.8 Å². The normalized spacial score (nSPS) is 10.8. The lowest BCUT2D eigenvalue weighted by atomic mass is 10.3. The molecular weight excluding hydrogens is 206 g/mol. The van der Waals surface area contributed by atoms with Gasteiger partial charge in [-0.1, -0.05) is 0 Å². The minimum absolute atomic E-state index is 0.889. The smallest absolute Gasteiger partial charge is 0.122 e. The molecule has 1 rings (SSSR count). The molecule has 0 aromatic carbocycles. The van der Waals surface area contributed by atoms with E-state index in [-0.39, 0.29) is 0 Å². The molecule has 0 fully saturated rings. The van der Waals surface area contributed by atoms with Crippen molar-refractivity contribution in [2.24, 2.45) is 0 Å². The van der Waals surface area contributed by atoms with Crippen LogP contribution in [0.5, 0.6) is 0 Å². The van der Waals surface area contributed by atoms with Crippen molar-refractivity contribution in [3.05, 3.63) is 18.2 Å². The van der Waals surface area contributed by atoms with Crippen molar-refractivity contribution in [2.75, 3.05) is 18.6 Å². The molecule has 1 N–H and O–H groups in total. The average Bonchev–Trinajstić information content (AvgIpc) is 2.70. The summed E-state index contributed by atoms with van der Waals surface area (Å²) in [6, 6.07) is 0. The highest BCUT2D eigenvalue weighted by Crippen LogP contribution is 1.99. The van der Waals surface area contributed by atoms with Gasteiger partial charge in [0, 0.05) is 18.9 Å². The maximum atomic E-state index is 4.32. The Balaban J connectivity index is 2.09. The number of aromatic nitrogens is 2. The highest BCUT2D eigenvalue weighted by atomic mass is 32.2. The summed E-state index contributed by atoms with van der Waals surface area (Å²) in [4.78, 5) is 4.32. The summed E-state index contributed by atoms with van der Waals surface area (Å²) < 4.78 is 2.18. The summed E-state index contributed by atoms with van der Waals surface area (Å²) in [6.07, 6.45) is 8.62. The van der Waals surface area contributed by atoms with Crippen molar-refractivity contribution in [1.82, 2.24) is 14.9 Å². The standard InChI is InChI=1S/C11H21N3S/c1-3-14-8-7-13-11(14)10-12-6-4-5-9-15-2/h7-8,12H,3-6,9-10H2,1-2H3. The summed E-state index contributed by atoms with van der Waals surface area (Å²) >= 11 is 1.92. The molecule has 0 saturated heterocycles. The average molecular weight is 227 g/mol. The van der Waals surface area contributed by atoms with E-state index in [0.29, 0.717) is 0 Å². The molecular formula is C11H21N3S. The lowest BCUT2D eigenvalue weighted by Crippen LogP contribution is -2.18. The van der Waals surface area contributed by atoms with Crippen molar-refractivity contribution in [3.63, 3.8) is 0 Å². The number of rotatable bonds is 8. The summed E-state index contributed by atoms with van der Waals surface area (Å²) in [5.74, 6) is 2.41. The van der Waals surface area contributed by atoms with Gasteiger partial charge in [-0.05, 0) is 38.3 Å². The van der Waals surface area contributed by atoms with Gasteiger partial charge in [-0.3, -0.25) is 0 Å². The Bertz CT molecular complexity index is 260. The number of nitrogens with one attached hydrogen (secondary N) is 1. The van der Waals surface area contributed by atoms with Crippen LogP contribution in [0.2, 0.25) is 0 Å². The summed E-state index contributed by atoms with van der Waals surface area (Å²) in [5, 5.41) is 3.43. The fraction of sp³-hybridized carbons (Fsp3) is 0.727. The fourth-order valence-electron chi connectivity index (χ4n) is 1.49. The zero-order valence-corrected chi connectivity index (χ0v) is 10.5. The van der Waals surface area contributed by atoms with Gasteiger partial charge in [-0.25, -0.2) is 4.98 Å². The second-order valence-electron chi connectivity index (χ2n) is 3.51. The zero-order valence-electron chi connectivity index (χ0n) is 9.70. The van der Waals surface area contributed by atoms with Crippen LogP contribution in [-0.4, -0.2) is 28.1 Å². The number of thioether (sulfide) groups is 1. The number of hydrogen-bond acceptors (Lipinski definition) is 3. The highest BCUT2D eigenvalue weighted by molar-refractivity contribution is 7.98. The molecule has 3 nitrogen and oxygen atoms in total. The Morgan fingerprint density at radius 3 is 3.07 bits per heavy atom. The van der Waals surface area contributed by atoms with E-state index in [1.54, 1.807) is 0 Å². The molecule has 1 aromatic heterocycles.